The second-order valence-corrected chi connectivity index (χ2v) is 11.4. The summed E-state index contributed by atoms with van der Waals surface area (Å²) < 4.78 is 0. The number of fused-ring (bicyclic) bond motifs is 2. The molecule has 5 rings (SSSR count). The van der Waals surface area contributed by atoms with Gasteiger partial charge in [0.25, 0.3) is 0 Å². The molecule has 3 atom stereocenters. The Balaban J connectivity index is 0.00000200. The number of hydrogen-bond acceptors (Lipinski definition) is 0. The standard InChI is InChI=1S/C36H40.2Li.2H/c1-7-24(3)20-31(28-16-12-26(5)13-17-28)22-33-35(34-29-10-9-11-30(34)21-29)36(33,23-25(4)8-2)32-18-14-27(6)15-19-32;;;;/h9-19,21,24-25H,7-8,20,23H2,1-6H3;;;;/q;2*+1;2*-1. The molecule has 2 heteroatoms. The summed E-state index contributed by atoms with van der Waals surface area (Å²) in [6.45, 7) is 13.8. The molecule has 0 radical (unpaired) electrons. The summed E-state index contributed by atoms with van der Waals surface area (Å²) >= 11 is 0. The van der Waals surface area contributed by atoms with Crippen molar-refractivity contribution >= 4 is 17.2 Å². The first-order valence-electron chi connectivity index (χ1n) is 13.9. The van der Waals surface area contributed by atoms with E-state index in [1.807, 2.05) is 0 Å². The molecule has 2 bridgehead atoms. The van der Waals surface area contributed by atoms with Crippen LogP contribution in [-0.2, 0) is 5.41 Å². The summed E-state index contributed by atoms with van der Waals surface area (Å²) in [5.74, 6) is 1.26. The second kappa shape index (κ2) is 12.5. The second-order valence-electron chi connectivity index (χ2n) is 11.4. The SMILES string of the molecule is CCC(C)CC(=C=C1C(=C2c3cccc2c3)C1(CC(C)CC)c1ccc(C)cc1)c1ccc(C)cc1.[H-].[H-].[Li+].[Li+]. The molecule has 3 aromatic carbocycles. The number of allylic oxidation sites excluding steroid dienone is 1. The van der Waals surface area contributed by atoms with Crippen molar-refractivity contribution in [2.75, 3.05) is 0 Å². The van der Waals surface area contributed by atoms with Crippen LogP contribution in [0.3, 0.4) is 0 Å². The van der Waals surface area contributed by atoms with Gasteiger partial charge in [-0.05, 0) is 77.3 Å². The molecule has 1 saturated carbocycles. The minimum atomic E-state index is -0.0480. The van der Waals surface area contributed by atoms with E-state index in [0.717, 1.165) is 12.8 Å². The molecule has 0 N–H and O–H groups in total. The van der Waals surface area contributed by atoms with E-state index in [2.05, 4.69) is 120 Å². The van der Waals surface area contributed by atoms with Crippen molar-refractivity contribution in [1.29, 1.82) is 0 Å². The zero-order valence-corrected chi connectivity index (χ0v) is 24.9. The van der Waals surface area contributed by atoms with Crippen LogP contribution < -0.4 is 48.2 Å². The molecule has 0 aromatic heterocycles. The van der Waals surface area contributed by atoms with Gasteiger partial charge >= 0.3 is 37.7 Å². The summed E-state index contributed by atoms with van der Waals surface area (Å²) in [6.07, 6.45) is 6.91. The van der Waals surface area contributed by atoms with Crippen molar-refractivity contribution < 1.29 is 40.6 Å². The molecule has 1 fully saturated rings. The van der Waals surface area contributed by atoms with Crippen LogP contribution in [0.5, 0.6) is 0 Å². The Morgan fingerprint density at radius 2 is 1.42 bits per heavy atom. The van der Waals surface area contributed by atoms with Crippen molar-refractivity contribution in [3.8, 4) is 0 Å². The maximum absolute atomic E-state index is 4.11. The normalized spacial score (nSPS) is 19.6. The summed E-state index contributed by atoms with van der Waals surface area (Å²) in [5, 5.41) is 2.86. The zero-order valence-electron chi connectivity index (χ0n) is 26.9. The quantitative estimate of drug-likeness (QED) is 0.264. The van der Waals surface area contributed by atoms with Gasteiger partial charge in [-0.15, -0.1) is 5.73 Å². The van der Waals surface area contributed by atoms with Gasteiger partial charge in [-0.3, -0.25) is 0 Å². The van der Waals surface area contributed by atoms with Crippen LogP contribution in [0.15, 0.2) is 78.0 Å². The first kappa shape index (κ1) is 30.7. The number of hydrogen-bond donors (Lipinski definition) is 0. The van der Waals surface area contributed by atoms with Crippen LogP contribution in [0.25, 0.3) is 17.2 Å². The predicted molar refractivity (Wildman–Crippen MR) is 158 cm³/mol. The zero-order chi connectivity index (χ0) is 25.4. The fourth-order valence-corrected chi connectivity index (χ4v) is 5.79. The maximum Gasteiger partial charge on any atom is 1.00 e. The third-order valence-corrected chi connectivity index (χ3v) is 8.55. The van der Waals surface area contributed by atoms with Gasteiger partial charge in [0.1, 0.15) is 0 Å². The number of rotatable bonds is 8. The smallest absolute Gasteiger partial charge is 1.00 e. The third kappa shape index (κ3) is 5.69. The average molecular weight is 489 g/mol. The molecular weight excluding hydrogens is 446 g/mol. The Kier molecular flexibility index (Phi) is 10.1. The minimum Gasteiger partial charge on any atom is -1.00 e. The van der Waals surface area contributed by atoms with Gasteiger partial charge in [-0.2, -0.15) is 0 Å². The molecule has 0 amide bonds. The molecule has 2 aliphatic rings. The van der Waals surface area contributed by atoms with Crippen LogP contribution in [0, 0.1) is 25.7 Å². The van der Waals surface area contributed by atoms with E-state index < -0.39 is 0 Å². The van der Waals surface area contributed by atoms with Crippen LogP contribution in [0.4, 0.5) is 0 Å². The Labute approximate surface area is 257 Å². The van der Waals surface area contributed by atoms with Crippen molar-refractivity contribution in [2.24, 2.45) is 11.8 Å². The van der Waals surface area contributed by atoms with Crippen LogP contribution in [-0.4, -0.2) is 0 Å². The molecule has 0 aliphatic heterocycles. The average Bonchev–Trinajstić information content (AvgIpc) is 3.49. The van der Waals surface area contributed by atoms with Crippen molar-refractivity contribution in [1.82, 2.24) is 0 Å². The van der Waals surface area contributed by atoms with Gasteiger partial charge < -0.3 is 2.85 Å². The molecule has 188 valence electrons. The van der Waals surface area contributed by atoms with Crippen LogP contribution in [0.1, 0.15) is 84.0 Å². The van der Waals surface area contributed by atoms with E-state index in [4.69, 9.17) is 0 Å². The van der Waals surface area contributed by atoms with E-state index in [0.29, 0.717) is 11.8 Å². The molecule has 0 spiro atoms. The fourth-order valence-electron chi connectivity index (χ4n) is 5.79. The molecule has 2 aliphatic carbocycles. The van der Waals surface area contributed by atoms with E-state index in [9.17, 15) is 0 Å². The Morgan fingerprint density at radius 1 is 0.816 bits per heavy atom. The van der Waals surface area contributed by atoms with Gasteiger partial charge in [0.2, 0.25) is 0 Å². The summed E-state index contributed by atoms with van der Waals surface area (Å²) in [6, 6.07) is 25.1. The van der Waals surface area contributed by atoms with Crippen LogP contribution >= 0.6 is 0 Å². The van der Waals surface area contributed by atoms with Crippen molar-refractivity contribution in [3.05, 3.63) is 116 Å². The molecule has 38 heavy (non-hydrogen) atoms. The van der Waals surface area contributed by atoms with E-state index in [1.54, 1.807) is 0 Å². The van der Waals surface area contributed by atoms with E-state index in [-0.39, 0.29) is 46.0 Å². The Bertz CT molecular complexity index is 1480. The van der Waals surface area contributed by atoms with Gasteiger partial charge in [0.05, 0.1) is 5.41 Å². The topological polar surface area (TPSA) is 0 Å². The first-order chi connectivity index (χ1) is 17.4. The summed E-state index contributed by atoms with van der Waals surface area (Å²) in [4.78, 5) is 0. The minimum absolute atomic E-state index is 0. The van der Waals surface area contributed by atoms with Crippen molar-refractivity contribution in [2.45, 2.75) is 72.6 Å². The Morgan fingerprint density at radius 3 is 1.95 bits per heavy atom. The van der Waals surface area contributed by atoms with Gasteiger partial charge in [0, 0.05) is 11.1 Å². The Hall–Kier alpha value is -1.89. The molecule has 3 aromatic rings. The van der Waals surface area contributed by atoms with Gasteiger partial charge in [0.15, 0.2) is 0 Å². The van der Waals surface area contributed by atoms with Crippen LogP contribution in [0.2, 0.25) is 0 Å². The molecule has 0 nitrogen and oxygen atoms in total. The first-order valence-corrected chi connectivity index (χ1v) is 13.9. The maximum atomic E-state index is 4.11. The molecule has 0 heterocycles. The number of benzene rings is 3. The third-order valence-electron chi connectivity index (χ3n) is 8.55. The monoisotopic (exact) mass is 488 g/mol. The molecular formula is C36H42Li2. The predicted octanol–water partition coefficient (Wildman–Crippen LogP) is 2.26. The summed E-state index contributed by atoms with van der Waals surface area (Å²) in [5.41, 5.74) is 15.1. The largest absolute Gasteiger partial charge is 1.00 e. The van der Waals surface area contributed by atoms with Crippen molar-refractivity contribution in [3.63, 3.8) is 0 Å². The molecule has 0 saturated heterocycles. The number of aryl methyl sites for hydroxylation is 2. The van der Waals surface area contributed by atoms with Gasteiger partial charge in [-0.25, -0.2) is 0 Å². The fraction of sp³-hybridized carbons (Fsp3) is 0.361. The van der Waals surface area contributed by atoms with Gasteiger partial charge in [-0.1, -0.05) is 118 Å². The summed E-state index contributed by atoms with van der Waals surface area (Å²) in [7, 11) is 0. The molecule has 3 unspecified atom stereocenters. The van der Waals surface area contributed by atoms with E-state index >= 15 is 0 Å². The van der Waals surface area contributed by atoms with E-state index in [1.165, 1.54) is 67.8 Å².